The van der Waals surface area contributed by atoms with Gasteiger partial charge in [0.25, 0.3) is 0 Å². The van der Waals surface area contributed by atoms with Crippen molar-refractivity contribution < 1.29 is 4.79 Å². The monoisotopic (exact) mass is 233 g/mol. The van der Waals surface area contributed by atoms with Gasteiger partial charge in [0, 0.05) is 30.8 Å². The van der Waals surface area contributed by atoms with E-state index >= 15 is 0 Å². The minimum Gasteiger partial charge on any atom is -0.367 e. The average molecular weight is 233 g/mol. The van der Waals surface area contributed by atoms with Crippen LogP contribution in [0.1, 0.15) is 31.2 Å². The van der Waals surface area contributed by atoms with E-state index in [0.717, 1.165) is 13.0 Å². The van der Waals surface area contributed by atoms with Crippen molar-refractivity contribution in [2.75, 3.05) is 0 Å². The number of carbonyl (C=O) groups excluding carboxylic acids is 1. The average Bonchev–Trinajstić information content (AvgIpc) is 2.81. The first-order chi connectivity index (χ1) is 7.83. The van der Waals surface area contributed by atoms with E-state index in [2.05, 4.69) is 21.7 Å². The molecule has 0 spiro atoms. The topological polar surface area (TPSA) is 20.3 Å². The lowest BCUT2D eigenvalue weighted by Gasteiger charge is -2.25. The van der Waals surface area contributed by atoms with Crippen molar-refractivity contribution in [2.24, 2.45) is 0 Å². The fourth-order valence-electron chi connectivity index (χ4n) is 2.24. The summed E-state index contributed by atoms with van der Waals surface area (Å²) in [7, 11) is 0. The molecular formula is C13H15NOS. The van der Waals surface area contributed by atoms with Crippen LogP contribution in [0.4, 0.5) is 0 Å². The van der Waals surface area contributed by atoms with Gasteiger partial charge in [0.1, 0.15) is 0 Å². The van der Waals surface area contributed by atoms with Crippen LogP contribution in [-0.2, 0) is 11.3 Å². The largest absolute Gasteiger partial charge is 0.367 e. The van der Waals surface area contributed by atoms with Crippen molar-refractivity contribution in [1.29, 1.82) is 0 Å². The summed E-state index contributed by atoms with van der Waals surface area (Å²) in [5.74, 6) is 0.297. The molecule has 1 aromatic rings. The SMILES string of the molecule is O=C1C=C(N(Cc2ccsc2)C2CC2)CC1. The lowest BCUT2D eigenvalue weighted by Crippen LogP contribution is -2.23. The number of allylic oxidation sites excluding steroid dienone is 2. The molecule has 0 saturated heterocycles. The van der Waals surface area contributed by atoms with Crippen molar-refractivity contribution in [3.8, 4) is 0 Å². The maximum atomic E-state index is 11.3. The van der Waals surface area contributed by atoms with Gasteiger partial charge in [-0.2, -0.15) is 11.3 Å². The predicted molar refractivity (Wildman–Crippen MR) is 65.2 cm³/mol. The zero-order chi connectivity index (χ0) is 11.0. The highest BCUT2D eigenvalue weighted by Crippen LogP contribution is 2.34. The normalized spacial score (nSPS) is 20.0. The van der Waals surface area contributed by atoms with Crippen LogP contribution in [0.15, 0.2) is 28.6 Å². The predicted octanol–water partition coefficient (Wildman–Crippen LogP) is 2.96. The van der Waals surface area contributed by atoms with E-state index in [0.29, 0.717) is 18.2 Å². The quantitative estimate of drug-likeness (QED) is 0.797. The van der Waals surface area contributed by atoms with Gasteiger partial charge in [-0.25, -0.2) is 0 Å². The Kier molecular flexibility index (Phi) is 2.56. The van der Waals surface area contributed by atoms with Gasteiger partial charge in [-0.05, 0) is 41.7 Å². The minimum absolute atomic E-state index is 0.297. The molecule has 2 nitrogen and oxygen atoms in total. The van der Waals surface area contributed by atoms with Gasteiger partial charge in [0.15, 0.2) is 5.78 Å². The van der Waals surface area contributed by atoms with E-state index in [4.69, 9.17) is 0 Å². The van der Waals surface area contributed by atoms with Crippen molar-refractivity contribution >= 4 is 17.1 Å². The highest BCUT2D eigenvalue weighted by Gasteiger charge is 2.32. The molecule has 1 heterocycles. The van der Waals surface area contributed by atoms with Gasteiger partial charge < -0.3 is 4.90 Å². The molecule has 0 unspecified atom stereocenters. The number of hydrogen-bond donors (Lipinski definition) is 0. The molecular weight excluding hydrogens is 218 g/mol. The van der Waals surface area contributed by atoms with Crippen LogP contribution in [0.25, 0.3) is 0 Å². The van der Waals surface area contributed by atoms with E-state index in [1.807, 2.05) is 6.08 Å². The highest BCUT2D eigenvalue weighted by molar-refractivity contribution is 7.07. The van der Waals surface area contributed by atoms with Gasteiger partial charge in [0.2, 0.25) is 0 Å². The van der Waals surface area contributed by atoms with Crippen molar-refractivity contribution in [2.45, 2.75) is 38.3 Å². The Bertz CT molecular complexity index is 417. The van der Waals surface area contributed by atoms with Crippen LogP contribution in [-0.4, -0.2) is 16.7 Å². The Labute approximate surface area is 99.6 Å². The molecule has 0 radical (unpaired) electrons. The van der Waals surface area contributed by atoms with Crippen LogP contribution in [0.2, 0.25) is 0 Å². The zero-order valence-corrected chi connectivity index (χ0v) is 10.0. The molecule has 1 saturated carbocycles. The van der Waals surface area contributed by atoms with Gasteiger partial charge in [-0.3, -0.25) is 4.79 Å². The first-order valence-corrected chi connectivity index (χ1v) is 6.78. The van der Waals surface area contributed by atoms with E-state index in [-0.39, 0.29) is 0 Å². The summed E-state index contributed by atoms with van der Waals surface area (Å²) in [6.45, 7) is 0.979. The van der Waals surface area contributed by atoms with E-state index in [1.165, 1.54) is 24.1 Å². The van der Waals surface area contributed by atoms with Crippen LogP contribution < -0.4 is 0 Å². The fraction of sp³-hybridized carbons (Fsp3) is 0.462. The molecule has 0 bridgehead atoms. The van der Waals surface area contributed by atoms with Gasteiger partial charge in [0.05, 0.1) is 0 Å². The molecule has 1 fully saturated rings. The Balaban J connectivity index is 1.76. The highest BCUT2D eigenvalue weighted by atomic mass is 32.1. The second-order valence-electron chi connectivity index (χ2n) is 4.59. The zero-order valence-electron chi connectivity index (χ0n) is 9.19. The number of thiophene rings is 1. The maximum Gasteiger partial charge on any atom is 0.157 e. The number of nitrogens with zero attached hydrogens (tertiary/aromatic N) is 1. The summed E-state index contributed by atoms with van der Waals surface area (Å²) in [5, 5.41) is 4.32. The Morgan fingerprint density at radius 2 is 2.25 bits per heavy atom. The van der Waals surface area contributed by atoms with Crippen molar-refractivity contribution in [3.05, 3.63) is 34.2 Å². The third kappa shape index (κ3) is 2.05. The van der Waals surface area contributed by atoms with Gasteiger partial charge in [-0.1, -0.05) is 0 Å². The molecule has 0 atom stereocenters. The van der Waals surface area contributed by atoms with Crippen LogP contribution in [0, 0.1) is 0 Å². The molecule has 2 aliphatic carbocycles. The van der Waals surface area contributed by atoms with Crippen LogP contribution >= 0.6 is 11.3 Å². The molecule has 0 N–H and O–H groups in total. The number of ketones is 1. The first-order valence-electron chi connectivity index (χ1n) is 5.84. The molecule has 3 heteroatoms. The van der Waals surface area contributed by atoms with Gasteiger partial charge >= 0.3 is 0 Å². The number of rotatable bonds is 4. The van der Waals surface area contributed by atoms with E-state index in [9.17, 15) is 4.79 Å². The van der Waals surface area contributed by atoms with E-state index in [1.54, 1.807) is 11.3 Å². The Morgan fingerprint density at radius 1 is 1.38 bits per heavy atom. The lowest BCUT2D eigenvalue weighted by atomic mass is 10.2. The summed E-state index contributed by atoms with van der Waals surface area (Å²) in [6, 6.07) is 2.87. The third-order valence-corrected chi connectivity index (χ3v) is 3.98. The van der Waals surface area contributed by atoms with E-state index < -0.39 is 0 Å². The Hall–Kier alpha value is -1.09. The smallest absolute Gasteiger partial charge is 0.157 e. The molecule has 2 aliphatic rings. The minimum atomic E-state index is 0.297. The maximum absolute atomic E-state index is 11.3. The number of carbonyl (C=O) groups is 1. The number of hydrogen-bond acceptors (Lipinski definition) is 3. The van der Waals surface area contributed by atoms with Gasteiger partial charge in [-0.15, -0.1) is 0 Å². The fourth-order valence-corrected chi connectivity index (χ4v) is 2.90. The summed E-state index contributed by atoms with van der Waals surface area (Å²) in [5.41, 5.74) is 2.64. The molecule has 1 aromatic heterocycles. The lowest BCUT2D eigenvalue weighted by molar-refractivity contribution is -0.114. The van der Waals surface area contributed by atoms with Crippen molar-refractivity contribution in [3.63, 3.8) is 0 Å². The first kappa shape index (κ1) is 10.1. The third-order valence-electron chi connectivity index (χ3n) is 3.24. The summed E-state index contributed by atoms with van der Waals surface area (Å²) in [6.07, 6.45) is 6.08. The molecule has 0 amide bonds. The van der Waals surface area contributed by atoms with Crippen LogP contribution in [0.3, 0.4) is 0 Å². The molecule has 0 aliphatic heterocycles. The Morgan fingerprint density at radius 3 is 2.81 bits per heavy atom. The molecule has 84 valence electrons. The second-order valence-corrected chi connectivity index (χ2v) is 5.37. The molecule has 16 heavy (non-hydrogen) atoms. The summed E-state index contributed by atoms with van der Waals surface area (Å²) >= 11 is 1.74. The van der Waals surface area contributed by atoms with Crippen LogP contribution in [0.5, 0.6) is 0 Å². The summed E-state index contributed by atoms with van der Waals surface area (Å²) < 4.78 is 0. The molecule has 3 rings (SSSR count). The second kappa shape index (κ2) is 4.06. The standard InChI is InChI=1S/C13H15NOS/c15-13-4-3-12(7-13)14(11-1-2-11)8-10-5-6-16-9-10/h5-7,9,11H,1-4,8H2. The summed E-state index contributed by atoms with van der Waals surface area (Å²) in [4.78, 5) is 13.7. The van der Waals surface area contributed by atoms with Crippen molar-refractivity contribution in [1.82, 2.24) is 4.90 Å². The molecule has 0 aromatic carbocycles.